The van der Waals surface area contributed by atoms with Gasteiger partial charge in [0.25, 0.3) is 11.7 Å². The first-order chi connectivity index (χ1) is 18.2. The molecule has 0 aliphatic carbocycles. The highest BCUT2D eigenvalue weighted by Crippen LogP contribution is 2.43. The smallest absolute Gasteiger partial charge is 0.300 e. The monoisotopic (exact) mass is 507 g/mol. The van der Waals surface area contributed by atoms with Gasteiger partial charge in [0.15, 0.2) is 0 Å². The molecule has 4 aromatic rings. The van der Waals surface area contributed by atoms with Crippen molar-refractivity contribution in [1.82, 2.24) is 0 Å². The number of hydrogen-bond donors (Lipinski definition) is 1. The van der Waals surface area contributed by atoms with Crippen LogP contribution in [0.5, 0.6) is 5.75 Å². The summed E-state index contributed by atoms with van der Waals surface area (Å²) in [5.74, 6) is -0.0247. The van der Waals surface area contributed by atoms with Crippen LogP contribution in [0.1, 0.15) is 45.4 Å². The van der Waals surface area contributed by atoms with Crippen molar-refractivity contribution in [2.45, 2.75) is 40.3 Å². The number of Topliss-reactive ketones (excluding diaryl/α,β-unsaturated/α-hetero) is 1. The lowest BCUT2D eigenvalue weighted by Gasteiger charge is -2.24. The van der Waals surface area contributed by atoms with Crippen molar-refractivity contribution in [3.05, 3.63) is 124 Å². The second-order valence-electron chi connectivity index (χ2n) is 9.64. The van der Waals surface area contributed by atoms with Gasteiger partial charge < -0.3 is 14.3 Å². The average Bonchev–Trinajstić information content (AvgIpc) is 3.45. The molecule has 1 fully saturated rings. The molecular weight excluding hydrogens is 478 g/mol. The zero-order valence-electron chi connectivity index (χ0n) is 21.8. The first kappa shape index (κ1) is 25.1. The summed E-state index contributed by atoms with van der Waals surface area (Å²) < 4.78 is 11.9. The van der Waals surface area contributed by atoms with Crippen molar-refractivity contribution >= 4 is 23.1 Å². The van der Waals surface area contributed by atoms with E-state index in [-0.39, 0.29) is 11.3 Å². The van der Waals surface area contributed by atoms with Gasteiger partial charge in [-0.05, 0) is 92.4 Å². The third-order valence-electron chi connectivity index (χ3n) is 6.93. The summed E-state index contributed by atoms with van der Waals surface area (Å²) in [6, 6.07) is 23.2. The van der Waals surface area contributed by atoms with Crippen molar-refractivity contribution in [1.29, 1.82) is 0 Å². The molecule has 3 aromatic carbocycles. The van der Waals surface area contributed by atoms with Gasteiger partial charge in [-0.25, -0.2) is 0 Å². The van der Waals surface area contributed by atoms with Gasteiger partial charge in [0, 0.05) is 11.3 Å². The van der Waals surface area contributed by atoms with Gasteiger partial charge in [-0.15, -0.1) is 0 Å². The van der Waals surface area contributed by atoms with E-state index < -0.39 is 17.7 Å². The standard InChI is InChI=1S/C32H29NO5/c1-19-10-13-25(17-20(19)2)33-29(27-14-11-22(4)38-27)28(31(35)32(33)36)30(34)24-12-15-26(21(3)16-24)37-18-23-8-6-5-7-9-23/h5-17,29,34H,18H2,1-4H3/b30-28-. The first-order valence-electron chi connectivity index (χ1n) is 12.5. The van der Waals surface area contributed by atoms with Gasteiger partial charge in [-0.2, -0.15) is 0 Å². The topological polar surface area (TPSA) is 80.0 Å². The van der Waals surface area contributed by atoms with Crippen LogP contribution in [-0.4, -0.2) is 16.8 Å². The Balaban J connectivity index is 1.55. The number of rotatable bonds is 6. The third kappa shape index (κ3) is 4.61. The number of ketones is 1. The number of aliphatic hydroxyl groups is 1. The largest absolute Gasteiger partial charge is 0.507 e. The van der Waals surface area contributed by atoms with Crippen LogP contribution in [0.2, 0.25) is 0 Å². The van der Waals surface area contributed by atoms with Crippen molar-refractivity contribution in [3.63, 3.8) is 0 Å². The predicted octanol–water partition coefficient (Wildman–Crippen LogP) is 6.72. The van der Waals surface area contributed by atoms with Crippen LogP contribution in [0.4, 0.5) is 5.69 Å². The lowest BCUT2D eigenvalue weighted by Crippen LogP contribution is -2.29. The molecule has 0 spiro atoms. The number of amides is 1. The van der Waals surface area contributed by atoms with Gasteiger partial charge in [0.05, 0.1) is 5.57 Å². The minimum absolute atomic E-state index is 0.0140. The summed E-state index contributed by atoms with van der Waals surface area (Å²) in [6.45, 7) is 8.01. The highest BCUT2D eigenvalue weighted by atomic mass is 16.5. The Labute approximate surface area is 221 Å². The molecule has 0 saturated carbocycles. The summed E-state index contributed by atoms with van der Waals surface area (Å²) in [4.78, 5) is 28.1. The van der Waals surface area contributed by atoms with E-state index in [9.17, 15) is 14.7 Å². The van der Waals surface area contributed by atoms with E-state index in [0.29, 0.717) is 35.1 Å². The zero-order chi connectivity index (χ0) is 27.0. The van der Waals surface area contributed by atoms with Crippen LogP contribution in [0.3, 0.4) is 0 Å². The van der Waals surface area contributed by atoms with Crippen LogP contribution in [0, 0.1) is 27.7 Å². The lowest BCUT2D eigenvalue weighted by molar-refractivity contribution is -0.132. The second-order valence-corrected chi connectivity index (χ2v) is 9.64. The number of carbonyl (C=O) groups excluding carboxylic acids is 2. The van der Waals surface area contributed by atoms with E-state index in [2.05, 4.69) is 0 Å². The van der Waals surface area contributed by atoms with Crippen LogP contribution in [0.15, 0.2) is 88.9 Å². The van der Waals surface area contributed by atoms with Crippen molar-refractivity contribution in [2.75, 3.05) is 4.90 Å². The van der Waals surface area contributed by atoms with E-state index in [1.165, 1.54) is 4.90 Å². The SMILES string of the molecule is Cc1ccc(C2/C(=C(/O)c3ccc(OCc4ccccc4)c(C)c3)C(=O)C(=O)N2c2ccc(C)c(C)c2)o1. The number of hydrogen-bond acceptors (Lipinski definition) is 5. The van der Waals surface area contributed by atoms with E-state index in [0.717, 1.165) is 22.3 Å². The summed E-state index contributed by atoms with van der Waals surface area (Å²) in [6.07, 6.45) is 0. The fourth-order valence-electron chi connectivity index (χ4n) is 4.69. The van der Waals surface area contributed by atoms with Crippen LogP contribution in [0.25, 0.3) is 5.76 Å². The van der Waals surface area contributed by atoms with E-state index in [1.54, 1.807) is 43.3 Å². The van der Waals surface area contributed by atoms with Crippen LogP contribution in [-0.2, 0) is 16.2 Å². The number of carbonyl (C=O) groups is 2. The summed E-state index contributed by atoms with van der Waals surface area (Å²) in [5, 5.41) is 11.4. The molecule has 6 nitrogen and oxygen atoms in total. The van der Waals surface area contributed by atoms with Crippen LogP contribution < -0.4 is 9.64 Å². The maximum atomic E-state index is 13.4. The molecule has 5 rings (SSSR count). The van der Waals surface area contributed by atoms with Crippen molar-refractivity contribution in [3.8, 4) is 5.75 Å². The third-order valence-corrected chi connectivity index (χ3v) is 6.93. The Morgan fingerprint density at radius 1 is 0.868 bits per heavy atom. The van der Waals surface area contributed by atoms with Crippen molar-refractivity contribution < 1.29 is 23.8 Å². The molecule has 0 bridgehead atoms. The molecule has 1 amide bonds. The normalized spacial score (nSPS) is 16.7. The number of furan rings is 1. The van der Waals surface area contributed by atoms with E-state index in [1.807, 2.05) is 63.2 Å². The molecule has 2 heterocycles. The summed E-state index contributed by atoms with van der Waals surface area (Å²) in [5.41, 5.74) is 4.86. The van der Waals surface area contributed by atoms with E-state index >= 15 is 0 Å². The summed E-state index contributed by atoms with van der Waals surface area (Å²) >= 11 is 0. The molecular formula is C32H29NO5. The molecule has 1 N–H and O–H groups in total. The minimum Gasteiger partial charge on any atom is -0.507 e. The molecule has 6 heteroatoms. The second kappa shape index (κ2) is 10.1. The Hall–Kier alpha value is -4.58. The molecule has 1 saturated heterocycles. The molecule has 1 atom stereocenters. The minimum atomic E-state index is -0.903. The fraction of sp³-hybridized carbons (Fsp3) is 0.188. The highest BCUT2D eigenvalue weighted by Gasteiger charge is 2.48. The van der Waals surface area contributed by atoms with Gasteiger partial charge >= 0.3 is 0 Å². The fourth-order valence-corrected chi connectivity index (χ4v) is 4.69. The Morgan fingerprint density at radius 2 is 1.63 bits per heavy atom. The maximum absolute atomic E-state index is 13.4. The molecule has 0 radical (unpaired) electrons. The maximum Gasteiger partial charge on any atom is 0.300 e. The quantitative estimate of drug-likeness (QED) is 0.178. The number of aliphatic hydroxyl groups excluding tert-OH is 1. The molecule has 1 aromatic heterocycles. The molecule has 38 heavy (non-hydrogen) atoms. The number of ether oxygens (including phenoxy) is 1. The zero-order valence-corrected chi connectivity index (χ0v) is 21.8. The number of anilines is 1. The first-order valence-corrected chi connectivity index (χ1v) is 12.5. The Kier molecular flexibility index (Phi) is 6.64. The number of nitrogens with zero attached hydrogens (tertiary/aromatic N) is 1. The van der Waals surface area contributed by atoms with Crippen LogP contribution >= 0.6 is 0 Å². The average molecular weight is 508 g/mol. The molecule has 192 valence electrons. The molecule has 1 aliphatic rings. The number of aryl methyl sites for hydroxylation is 4. The highest BCUT2D eigenvalue weighted by molar-refractivity contribution is 6.51. The molecule has 1 aliphatic heterocycles. The van der Waals surface area contributed by atoms with Gasteiger partial charge in [0.1, 0.15) is 35.7 Å². The lowest BCUT2D eigenvalue weighted by atomic mass is 9.98. The van der Waals surface area contributed by atoms with Crippen molar-refractivity contribution in [2.24, 2.45) is 0 Å². The van der Waals surface area contributed by atoms with E-state index in [4.69, 9.17) is 9.15 Å². The van der Waals surface area contributed by atoms with Gasteiger partial charge in [0.2, 0.25) is 0 Å². The Bertz CT molecular complexity index is 1560. The van der Waals surface area contributed by atoms with Gasteiger partial charge in [-0.1, -0.05) is 36.4 Å². The Morgan fingerprint density at radius 3 is 2.29 bits per heavy atom. The molecule has 1 unspecified atom stereocenters. The summed E-state index contributed by atoms with van der Waals surface area (Å²) in [7, 11) is 0. The number of benzene rings is 3. The predicted molar refractivity (Wildman–Crippen MR) is 146 cm³/mol. The van der Waals surface area contributed by atoms with Gasteiger partial charge in [-0.3, -0.25) is 14.5 Å².